The lowest BCUT2D eigenvalue weighted by atomic mass is 10.0. The van der Waals surface area contributed by atoms with Gasteiger partial charge in [0.25, 0.3) is 0 Å². The Morgan fingerprint density at radius 2 is 2.28 bits per heavy atom. The molecule has 2 atom stereocenters. The van der Waals surface area contributed by atoms with Gasteiger partial charge in [0, 0.05) is 31.4 Å². The number of nitriles is 1. The van der Waals surface area contributed by atoms with Crippen molar-refractivity contribution in [1.82, 2.24) is 9.88 Å². The van der Waals surface area contributed by atoms with Gasteiger partial charge in [-0.3, -0.25) is 4.90 Å². The van der Waals surface area contributed by atoms with E-state index in [1.165, 1.54) is 19.4 Å². The van der Waals surface area contributed by atoms with Crippen LogP contribution >= 0.6 is 0 Å². The van der Waals surface area contributed by atoms with Gasteiger partial charge in [0.1, 0.15) is 11.9 Å². The van der Waals surface area contributed by atoms with Crippen LogP contribution in [0, 0.1) is 11.3 Å². The lowest BCUT2D eigenvalue weighted by molar-refractivity contribution is 0.193. The smallest absolute Gasteiger partial charge is 0.146 e. The maximum Gasteiger partial charge on any atom is 0.146 e. The van der Waals surface area contributed by atoms with Gasteiger partial charge in [-0.2, -0.15) is 5.26 Å². The molecule has 0 unspecified atom stereocenters. The normalized spacial score (nSPS) is 27.9. The molecular formula is C14H18N4. The Bertz CT molecular complexity index is 479. The summed E-state index contributed by atoms with van der Waals surface area (Å²) in [6.07, 6.45) is 4.35. The van der Waals surface area contributed by atoms with Gasteiger partial charge in [0.05, 0.1) is 5.56 Å². The van der Waals surface area contributed by atoms with E-state index in [0.29, 0.717) is 17.6 Å². The third-order valence-corrected chi connectivity index (χ3v) is 4.27. The van der Waals surface area contributed by atoms with Crippen LogP contribution in [0.15, 0.2) is 18.3 Å². The van der Waals surface area contributed by atoms with Gasteiger partial charge >= 0.3 is 0 Å². The van der Waals surface area contributed by atoms with Crippen LogP contribution in [0.25, 0.3) is 0 Å². The Hall–Kier alpha value is -1.60. The fourth-order valence-corrected chi connectivity index (χ4v) is 3.34. The fourth-order valence-electron chi connectivity index (χ4n) is 3.34. The summed E-state index contributed by atoms with van der Waals surface area (Å²) in [6, 6.07) is 7.02. The molecule has 0 saturated carbocycles. The summed E-state index contributed by atoms with van der Waals surface area (Å²) in [5.74, 6) is 0.860. The van der Waals surface area contributed by atoms with Gasteiger partial charge in [-0.15, -0.1) is 0 Å². The summed E-state index contributed by atoms with van der Waals surface area (Å²) in [5, 5.41) is 9.20. The largest absolute Gasteiger partial charge is 0.350 e. The second-order valence-corrected chi connectivity index (χ2v) is 5.17. The molecule has 0 amide bonds. The molecule has 2 fully saturated rings. The van der Waals surface area contributed by atoms with Crippen molar-refractivity contribution in [1.29, 1.82) is 5.26 Å². The van der Waals surface area contributed by atoms with Crippen molar-refractivity contribution in [2.45, 2.75) is 31.8 Å². The van der Waals surface area contributed by atoms with E-state index in [1.54, 1.807) is 6.20 Å². The van der Waals surface area contributed by atoms with E-state index in [9.17, 15) is 5.26 Å². The summed E-state index contributed by atoms with van der Waals surface area (Å²) in [6.45, 7) is 5.56. The molecular weight excluding hydrogens is 224 g/mol. The third kappa shape index (κ3) is 1.75. The minimum Gasteiger partial charge on any atom is -0.350 e. The van der Waals surface area contributed by atoms with E-state index in [2.05, 4.69) is 27.8 Å². The lowest BCUT2D eigenvalue weighted by Crippen LogP contribution is -2.56. The molecule has 3 heterocycles. The minimum absolute atomic E-state index is 0.447. The molecule has 1 aromatic heterocycles. The molecule has 1 aromatic rings. The molecule has 0 bridgehead atoms. The van der Waals surface area contributed by atoms with Gasteiger partial charge in [-0.1, -0.05) is 0 Å². The molecule has 94 valence electrons. The lowest BCUT2D eigenvalue weighted by Gasteiger charge is -2.44. The number of rotatable bonds is 1. The predicted molar refractivity (Wildman–Crippen MR) is 70.4 cm³/mol. The molecule has 18 heavy (non-hydrogen) atoms. The van der Waals surface area contributed by atoms with E-state index >= 15 is 0 Å². The highest BCUT2D eigenvalue weighted by molar-refractivity contribution is 5.54. The number of hydrogen-bond acceptors (Lipinski definition) is 4. The minimum atomic E-state index is 0.447. The highest BCUT2D eigenvalue weighted by Gasteiger charge is 2.37. The zero-order valence-electron chi connectivity index (χ0n) is 10.7. The quantitative estimate of drug-likeness (QED) is 0.750. The maximum absolute atomic E-state index is 9.20. The van der Waals surface area contributed by atoms with Crippen molar-refractivity contribution >= 4 is 5.82 Å². The third-order valence-electron chi connectivity index (χ3n) is 4.27. The van der Waals surface area contributed by atoms with Crippen LogP contribution in [-0.2, 0) is 0 Å². The van der Waals surface area contributed by atoms with Gasteiger partial charge in [-0.05, 0) is 38.4 Å². The Morgan fingerprint density at radius 1 is 1.39 bits per heavy atom. The Morgan fingerprint density at radius 3 is 3.11 bits per heavy atom. The highest BCUT2D eigenvalue weighted by atomic mass is 15.3. The summed E-state index contributed by atoms with van der Waals surface area (Å²) in [7, 11) is 0. The Kier molecular flexibility index (Phi) is 2.92. The molecule has 2 aliphatic rings. The zero-order valence-corrected chi connectivity index (χ0v) is 10.7. The SMILES string of the molecule is C[C@@H]1[C@@H]2CCCN2CCN1c1ncccc1C#N. The second kappa shape index (κ2) is 4.58. The molecule has 0 aromatic carbocycles. The van der Waals surface area contributed by atoms with Crippen LogP contribution in [0.3, 0.4) is 0 Å². The monoisotopic (exact) mass is 242 g/mol. The second-order valence-electron chi connectivity index (χ2n) is 5.17. The molecule has 4 heteroatoms. The number of aromatic nitrogens is 1. The number of anilines is 1. The highest BCUT2D eigenvalue weighted by Crippen LogP contribution is 2.30. The first-order valence-corrected chi connectivity index (χ1v) is 6.67. The Labute approximate surface area is 108 Å². The van der Waals surface area contributed by atoms with Crippen LogP contribution in [0.1, 0.15) is 25.3 Å². The molecule has 0 N–H and O–H groups in total. The first-order valence-electron chi connectivity index (χ1n) is 6.67. The van der Waals surface area contributed by atoms with Crippen LogP contribution < -0.4 is 4.90 Å². The van der Waals surface area contributed by atoms with E-state index in [-0.39, 0.29) is 0 Å². The van der Waals surface area contributed by atoms with Crippen molar-refractivity contribution in [3.8, 4) is 6.07 Å². The van der Waals surface area contributed by atoms with Crippen molar-refractivity contribution in [3.63, 3.8) is 0 Å². The molecule has 4 nitrogen and oxygen atoms in total. The predicted octanol–water partition coefficient (Wildman–Crippen LogP) is 1.63. The summed E-state index contributed by atoms with van der Waals surface area (Å²) in [5.41, 5.74) is 0.691. The molecule has 0 spiro atoms. The molecule has 0 aliphatic carbocycles. The van der Waals surface area contributed by atoms with Gasteiger partial charge in [-0.25, -0.2) is 4.98 Å². The van der Waals surface area contributed by atoms with Crippen LogP contribution in [0.5, 0.6) is 0 Å². The standard InChI is InChI=1S/C14H18N4/c1-11-13-5-3-7-17(13)8-9-18(11)14-12(10-15)4-2-6-16-14/h2,4,6,11,13H,3,5,7-9H2,1H3/t11-,13+/m1/s1. The van der Waals surface area contributed by atoms with Gasteiger partial charge in [0.2, 0.25) is 0 Å². The van der Waals surface area contributed by atoms with Crippen LogP contribution in [0.2, 0.25) is 0 Å². The van der Waals surface area contributed by atoms with Crippen LogP contribution in [-0.4, -0.2) is 41.6 Å². The van der Waals surface area contributed by atoms with E-state index in [1.807, 2.05) is 12.1 Å². The fraction of sp³-hybridized carbons (Fsp3) is 0.571. The number of piperazine rings is 1. The molecule has 2 saturated heterocycles. The van der Waals surface area contributed by atoms with Crippen molar-refractivity contribution < 1.29 is 0 Å². The molecule has 0 radical (unpaired) electrons. The van der Waals surface area contributed by atoms with Gasteiger partial charge in [0.15, 0.2) is 0 Å². The van der Waals surface area contributed by atoms with Crippen LogP contribution in [0.4, 0.5) is 5.82 Å². The van der Waals surface area contributed by atoms with Gasteiger partial charge < -0.3 is 4.90 Å². The average Bonchev–Trinajstić information content (AvgIpc) is 2.88. The number of pyridine rings is 1. The first-order chi connectivity index (χ1) is 8.81. The maximum atomic E-state index is 9.20. The van der Waals surface area contributed by atoms with Crippen molar-refractivity contribution in [2.24, 2.45) is 0 Å². The number of nitrogens with zero attached hydrogens (tertiary/aromatic N) is 4. The summed E-state index contributed by atoms with van der Waals surface area (Å²) >= 11 is 0. The topological polar surface area (TPSA) is 43.2 Å². The zero-order chi connectivity index (χ0) is 12.5. The molecule has 3 rings (SSSR count). The number of fused-ring (bicyclic) bond motifs is 1. The first kappa shape index (κ1) is 11.5. The summed E-state index contributed by atoms with van der Waals surface area (Å²) < 4.78 is 0. The van der Waals surface area contributed by atoms with Crippen molar-refractivity contribution in [2.75, 3.05) is 24.5 Å². The molecule has 2 aliphatic heterocycles. The van der Waals surface area contributed by atoms with Crippen molar-refractivity contribution in [3.05, 3.63) is 23.9 Å². The average molecular weight is 242 g/mol. The van der Waals surface area contributed by atoms with E-state index < -0.39 is 0 Å². The number of hydrogen-bond donors (Lipinski definition) is 0. The van der Waals surface area contributed by atoms with E-state index in [0.717, 1.165) is 18.9 Å². The Balaban J connectivity index is 1.90. The van der Waals surface area contributed by atoms with E-state index in [4.69, 9.17) is 0 Å². The summed E-state index contributed by atoms with van der Waals surface area (Å²) in [4.78, 5) is 9.31.